The van der Waals surface area contributed by atoms with E-state index >= 15 is 0 Å². The fraction of sp³-hybridized carbons (Fsp3) is 0.417. The lowest BCUT2D eigenvalue weighted by Gasteiger charge is -2.44. The summed E-state index contributed by atoms with van der Waals surface area (Å²) in [5.74, 6) is 0. The van der Waals surface area contributed by atoms with Crippen molar-refractivity contribution in [2.45, 2.75) is 57.5 Å². The first kappa shape index (κ1) is 16.6. The maximum Gasteiger partial charge on any atom is 0.0356 e. The van der Waals surface area contributed by atoms with Gasteiger partial charge in [0.25, 0.3) is 0 Å². The summed E-state index contributed by atoms with van der Waals surface area (Å²) < 4.78 is 0. The Morgan fingerprint density at radius 2 is 1.56 bits per heavy atom. The molecule has 1 heterocycles. The van der Waals surface area contributed by atoms with Gasteiger partial charge in [-0.25, -0.2) is 0 Å². The van der Waals surface area contributed by atoms with Crippen molar-refractivity contribution in [2.75, 3.05) is 6.54 Å². The molecule has 0 radical (unpaired) electrons. The van der Waals surface area contributed by atoms with Crippen LogP contribution >= 0.6 is 0 Å². The fourth-order valence-corrected chi connectivity index (χ4v) is 4.76. The van der Waals surface area contributed by atoms with Crippen LogP contribution in [0.15, 0.2) is 71.8 Å². The highest BCUT2D eigenvalue weighted by Gasteiger charge is 2.33. The van der Waals surface area contributed by atoms with Gasteiger partial charge in [0.2, 0.25) is 0 Å². The minimum Gasteiger partial charge on any atom is -0.289 e. The van der Waals surface area contributed by atoms with Crippen LogP contribution in [0, 0.1) is 0 Å². The van der Waals surface area contributed by atoms with Crippen LogP contribution in [0.3, 0.4) is 0 Å². The maximum absolute atomic E-state index is 2.77. The van der Waals surface area contributed by atoms with E-state index in [9.17, 15) is 0 Å². The summed E-state index contributed by atoms with van der Waals surface area (Å²) in [5.41, 5.74) is 6.46. The van der Waals surface area contributed by atoms with E-state index in [0.717, 1.165) is 6.42 Å². The molecule has 130 valence electrons. The molecule has 2 atom stereocenters. The van der Waals surface area contributed by atoms with E-state index in [2.05, 4.69) is 72.5 Å². The summed E-state index contributed by atoms with van der Waals surface area (Å²) in [6.45, 7) is 3.59. The summed E-state index contributed by atoms with van der Waals surface area (Å²) in [5, 5.41) is 0. The predicted octanol–water partition coefficient (Wildman–Crippen LogP) is 5.94. The molecular formula is C24H29N. The largest absolute Gasteiger partial charge is 0.289 e. The smallest absolute Gasteiger partial charge is 0.0356 e. The van der Waals surface area contributed by atoms with Crippen molar-refractivity contribution in [1.82, 2.24) is 4.90 Å². The second-order valence-corrected chi connectivity index (χ2v) is 7.62. The SMILES string of the molecule is C[C@H](c1ccccc1)N1CCC2=C(CCCC2)[C@@H]1Cc1ccccc1. The van der Waals surface area contributed by atoms with Crippen LogP contribution < -0.4 is 0 Å². The molecule has 1 heteroatoms. The molecule has 0 N–H and O–H groups in total. The molecule has 4 rings (SSSR count). The Bertz CT molecular complexity index is 716. The van der Waals surface area contributed by atoms with Gasteiger partial charge in [-0.3, -0.25) is 4.90 Å². The lowest BCUT2D eigenvalue weighted by molar-refractivity contribution is 0.146. The van der Waals surface area contributed by atoms with Gasteiger partial charge in [-0.2, -0.15) is 0 Å². The Hall–Kier alpha value is -1.86. The van der Waals surface area contributed by atoms with Crippen LogP contribution in [0.1, 0.15) is 56.2 Å². The number of rotatable bonds is 4. The van der Waals surface area contributed by atoms with Gasteiger partial charge >= 0.3 is 0 Å². The van der Waals surface area contributed by atoms with Gasteiger partial charge in [-0.05, 0) is 56.6 Å². The monoisotopic (exact) mass is 331 g/mol. The molecule has 0 saturated carbocycles. The molecule has 2 aliphatic rings. The van der Waals surface area contributed by atoms with Crippen LogP contribution in [-0.2, 0) is 6.42 Å². The second-order valence-electron chi connectivity index (χ2n) is 7.62. The molecule has 0 saturated heterocycles. The standard InChI is InChI=1S/C24H29N/c1-19(21-12-6-3-7-13-21)25-17-16-22-14-8-9-15-23(22)24(25)18-20-10-4-2-5-11-20/h2-7,10-13,19,24H,8-9,14-18H2,1H3/t19-,24+/m1/s1. The Morgan fingerprint density at radius 3 is 2.32 bits per heavy atom. The summed E-state index contributed by atoms with van der Waals surface area (Å²) >= 11 is 0. The van der Waals surface area contributed by atoms with Gasteiger partial charge in [0.1, 0.15) is 0 Å². The molecule has 2 aromatic rings. The predicted molar refractivity (Wildman–Crippen MR) is 106 cm³/mol. The van der Waals surface area contributed by atoms with Crippen molar-refractivity contribution in [1.29, 1.82) is 0 Å². The molecule has 0 amide bonds. The van der Waals surface area contributed by atoms with Crippen molar-refractivity contribution in [3.63, 3.8) is 0 Å². The van der Waals surface area contributed by atoms with E-state index in [-0.39, 0.29) is 0 Å². The van der Waals surface area contributed by atoms with E-state index in [1.165, 1.54) is 49.8 Å². The van der Waals surface area contributed by atoms with E-state index in [1.807, 2.05) is 0 Å². The number of hydrogen-bond donors (Lipinski definition) is 0. The third kappa shape index (κ3) is 3.57. The lowest BCUT2D eigenvalue weighted by atomic mass is 9.79. The third-order valence-electron chi connectivity index (χ3n) is 6.15. The average Bonchev–Trinajstić information content (AvgIpc) is 2.69. The maximum atomic E-state index is 2.77. The van der Waals surface area contributed by atoms with Crippen molar-refractivity contribution >= 4 is 0 Å². The van der Waals surface area contributed by atoms with Crippen LogP contribution in [0.4, 0.5) is 0 Å². The second kappa shape index (κ2) is 7.58. The van der Waals surface area contributed by atoms with Gasteiger partial charge in [-0.15, -0.1) is 0 Å². The number of hydrogen-bond acceptors (Lipinski definition) is 1. The summed E-state index contributed by atoms with van der Waals surface area (Å²) in [4.78, 5) is 2.77. The molecule has 1 aliphatic heterocycles. The van der Waals surface area contributed by atoms with Crippen LogP contribution in [0.25, 0.3) is 0 Å². The van der Waals surface area contributed by atoms with E-state index in [4.69, 9.17) is 0 Å². The Labute approximate surface area is 152 Å². The summed E-state index contributed by atoms with van der Waals surface area (Å²) in [7, 11) is 0. The van der Waals surface area contributed by atoms with Gasteiger partial charge in [0.15, 0.2) is 0 Å². The molecule has 2 aromatic carbocycles. The zero-order valence-electron chi connectivity index (χ0n) is 15.3. The Morgan fingerprint density at radius 1 is 0.880 bits per heavy atom. The minimum atomic E-state index is 0.478. The molecule has 0 unspecified atom stereocenters. The molecular weight excluding hydrogens is 302 g/mol. The fourth-order valence-electron chi connectivity index (χ4n) is 4.76. The highest BCUT2D eigenvalue weighted by atomic mass is 15.2. The molecule has 25 heavy (non-hydrogen) atoms. The average molecular weight is 332 g/mol. The van der Waals surface area contributed by atoms with Crippen molar-refractivity contribution in [3.05, 3.63) is 82.9 Å². The van der Waals surface area contributed by atoms with E-state index < -0.39 is 0 Å². The molecule has 0 fully saturated rings. The van der Waals surface area contributed by atoms with Crippen LogP contribution in [0.2, 0.25) is 0 Å². The number of nitrogens with zero attached hydrogens (tertiary/aromatic N) is 1. The molecule has 0 spiro atoms. The van der Waals surface area contributed by atoms with Crippen LogP contribution in [0.5, 0.6) is 0 Å². The van der Waals surface area contributed by atoms with Crippen molar-refractivity contribution in [2.24, 2.45) is 0 Å². The third-order valence-corrected chi connectivity index (χ3v) is 6.15. The van der Waals surface area contributed by atoms with Gasteiger partial charge in [-0.1, -0.05) is 71.8 Å². The first-order chi connectivity index (χ1) is 12.3. The summed E-state index contributed by atoms with van der Waals surface area (Å²) in [6.07, 6.45) is 7.84. The van der Waals surface area contributed by atoms with Crippen molar-refractivity contribution in [3.8, 4) is 0 Å². The zero-order valence-corrected chi connectivity index (χ0v) is 15.3. The minimum absolute atomic E-state index is 0.478. The highest BCUT2D eigenvalue weighted by Crippen LogP contribution is 2.39. The molecule has 0 aromatic heterocycles. The molecule has 1 nitrogen and oxygen atoms in total. The van der Waals surface area contributed by atoms with E-state index in [0.29, 0.717) is 12.1 Å². The van der Waals surface area contributed by atoms with Gasteiger partial charge < -0.3 is 0 Å². The van der Waals surface area contributed by atoms with E-state index in [1.54, 1.807) is 11.1 Å². The summed E-state index contributed by atoms with van der Waals surface area (Å²) in [6, 6.07) is 23.2. The first-order valence-electron chi connectivity index (χ1n) is 9.88. The highest BCUT2D eigenvalue weighted by molar-refractivity contribution is 5.31. The molecule has 0 bridgehead atoms. The Kier molecular flexibility index (Phi) is 5.03. The Balaban J connectivity index is 1.66. The van der Waals surface area contributed by atoms with Crippen molar-refractivity contribution < 1.29 is 0 Å². The van der Waals surface area contributed by atoms with Gasteiger partial charge in [0, 0.05) is 18.6 Å². The zero-order chi connectivity index (χ0) is 17.1. The number of benzene rings is 2. The van der Waals surface area contributed by atoms with Gasteiger partial charge in [0.05, 0.1) is 0 Å². The first-order valence-corrected chi connectivity index (χ1v) is 9.88. The quantitative estimate of drug-likeness (QED) is 0.627. The van der Waals surface area contributed by atoms with Crippen LogP contribution in [-0.4, -0.2) is 17.5 Å². The topological polar surface area (TPSA) is 3.24 Å². The molecule has 1 aliphatic carbocycles. The lowest BCUT2D eigenvalue weighted by Crippen LogP contribution is -2.44. The normalized spacial score (nSPS) is 22.5.